The number of likely N-dealkylation sites (N-methyl/N-ethyl adjacent to an activating group) is 2. The minimum absolute atomic E-state index is 0.00213. The summed E-state index contributed by atoms with van der Waals surface area (Å²) in [5, 5.41) is 11.3. The number of carbonyl (C=O) groups excluding carboxylic acids is 2. The van der Waals surface area contributed by atoms with Gasteiger partial charge in [-0.2, -0.15) is 0 Å². The highest BCUT2D eigenvalue weighted by atomic mass is 16.4. The van der Waals surface area contributed by atoms with Crippen molar-refractivity contribution in [3.8, 4) is 0 Å². The van der Waals surface area contributed by atoms with Crippen LogP contribution in [-0.4, -0.2) is 65.5 Å². The van der Waals surface area contributed by atoms with E-state index in [1.807, 2.05) is 13.8 Å². The third kappa shape index (κ3) is 6.07. The van der Waals surface area contributed by atoms with E-state index in [1.165, 1.54) is 11.9 Å². The second-order valence-electron chi connectivity index (χ2n) is 4.27. The lowest BCUT2D eigenvalue weighted by molar-refractivity contribution is -0.137. The Labute approximate surface area is 107 Å². The predicted octanol–water partition coefficient (Wildman–Crippen LogP) is -0.0307. The van der Waals surface area contributed by atoms with Crippen LogP contribution in [0.25, 0.3) is 0 Å². The summed E-state index contributed by atoms with van der Waals surface area (Å²) >= 11 is 0. The molecular weight excluding hydrogens is 238 g/mol. The number of hydrogen-bond donors (Lipinski definition) is 2. The number of carbonyl (C=O) groups is 3. The van der Waals surface area contributed by atoms with Crippen LogP contribution in [0.1, 0.15) is 20.8 Å². The van der Waals surface area contributed by atoms with Crippen LogP contribution in [-0.2, 0) is 9.59 Å². The van der Waals surface area contributed by atoms with E-state index < -0.39 is 12.0 Å². The number of urea groups is 1. The van der Waals surface area contributed by atoms with Crippen molar-refractivity contribution in [2.45, 2.75) is 26.8 Å². The van der Waals surface area contributed by atoms with E-state index in [9.17, 15) is 14.4 Å². The molecule has 0 rings (SSSR count). The Bertz CT molecular complexity index is 317. The van der Waals surface area contributed by atoms with Gasteiger partial charge in [-0.05, 0) is 20.8 Å². The van der Waals surface area contributed by atoms with Crippen molar-refractivity contribution in [1.29, 1.82) is 0 Å². The minimum atomic E-state index is -1.08. The van der Waals surface area contributed by atoms with E-state index in [1.54, 1.807) is 6.92 Å². The van der Waals surface area contributed by atoms with Gasteiger partial charge in [0.2, 0.25) is 5.91 Å². The lowest BCUT2D eigenvalue weighted by atomic mass is 10.4. The first kappa shape index (κ1) is 16.2. The lowest BCUT2D eigenvalue weighted by Crippen LogP contribution is -2.47. The van der Waals surface area contributed by atoms with E-state index in [0.29, 0.717) is 0 Å². The molecule has 0 saturated carbocycles. The largest absolute Gasteiger partial charge is 0.480 e. The van der Waals surface area contributed by atoms with Crippen LogP contribution in [0, 0.1) is 0 Å². The number of amides is 3. The molecule has 3 amide bonds. The zero-order valence-electron chi connectivity index (χ0n) is 11.3. The number of aliphatic carboxylic acids is 1. The molecule has 0 aromatic rings. The molecule has 0 aliphatic rings. The molecule has 0 unspecified atom stereocenters. The summed E-state index contributed by atoms with van der Waals surface area (Å²) in [6.45, 7) is 5.15. The zero-order valence-corrected chi connectivity index (χ0v) is 11.3. The Kier molecular flexibility index (Phi) is 6.77. The molecule has 0 radical (unpaired) electrons. The molecular formula is C11H21N3O4. The number of hydrogen-bond acceptors (Lipinski definition) is 3. The summed E-state index contributed by atoms with van der Waals surface area (Å²) in [4.78, 5) is 36.2. The van der Waals surface area contributed by atoms with Crippen LogP contribution in [0.3, 0.4) is 0 Å². The smallest absolute Gasteiger partial charge is 0.323 e. The standard InChI is InChI=1S/C11H21N3O4/c1-5-14(7-10(16)17)11(18)13(4)6-9(15)12-8(2)3/h8H,5-7H2,1-4H3,(H,12,15)(H,16,17). The van der Waals surface area contributed by atoms with E-state index in [0.717, 1.165) is 4.90 Å². The number of rotatable bonds is 6. The van der Waals surface area contributed by atoms with Crippen LogP contribution in [0.5, 0.6) is 0 Å². The molecule has 0 aliphatic carbocycles. The zero-order chi connectivity index (χ0) is 14.3. The van der Waals surface area contributed by atoms with E-state index in [4.69, 9.17) is 5.11 Å². The van der Waals surface area contributed by atoms with Gasteiger partial charge in [-0.3, -0.25) is 9.59 Å². The predicted molar refractivity (Wildman–Crippen MR) is 66.2 cm³/mol. The van der Waals surface area contributed by atoms with Gasteiger partial charge < -0.3 is 20.2 Å². The van der Waals surface area contributed by atoms with Crippen molar-refractivity contribution < 1.29 is 19.5 Å². The Morgan fingerprint density at radius 1 is 1.22 bits per heavy atom. The van der Waals surface area contributed by atoms with Gasteiger partial charge in [-0.1, -0.05) is 0 Å². The fourth-order valence-corrected chi connectivity index (χ4v) is 1.37. The average Bonchev–Trinajstić information content (AvgIpc) is 2.23. The molecule has 0 bridgehead atoms. The quantitative estimate of drug-likeness (QED) is 0.701. The molecule has 2 N–H and O–H groups in total. The summed E-state index contributed by atoms with van der Waals surface area (Å²) in [5.74, 6) is -1.35. The SMILES string of the molecule is CCN(CC(=O)O)C(=O)N(C)CC(=O)NC(C)C. The molecule has 0 saturated heterocycles. The summed E-state index contributed by atoms with van der Waals surface area (Å²) < 4.78 is 0. The molecule has 0 heterocycles. The first-order valence-corrected chi connectivity index (χ1v) is 5.79. The van der Waals surface area contributed by atoms with Gasteiger partial charge >= 0.3 is 12.0 Å². The summed E-state index contributed by atoms with van der Waals surface area (Å²) in [5.41, 5.74) is 0. The number of nitrogens with one attached hydrogen (secondary N) is 1. The van der Waals surface area contributed by atoms with Crippen molar-refractivity contribution in [3.63, 3.8) is 0 Å². The molecule has 7 nitrogen and oxygen atoms in total. The van der Waals surface area contributed by atoms with E-state index in [2.05, 4.69) is 5.32 Å². The Hall–Kier alpha value is -1.79. The average molecular weight is 259 g/mol. The van der Waals surface area contributed by atoms with Crippen LogP contribution >= 0.6 is 0 Å². The first-order chi connectivity index (χ1) is 8.27. The van der Waals surface area contributed by atoms with E-state index >= 15 is 0 Å². The van der Waals surface area contributed by atoms with Gasteiger partial charge in [0, 0.05) is 19.6 Å². The van der Waals surface area contributed by atoms with Crippen molar-refractivity contribution >= 4 is 17.9 Å². The summed E-state index contributed by atoms with van der Waals surface area (Å²) in [6, 6.07) is -0.471. The van der Waals surface area contributed by atoms with Crippen LogP contribution < -0.4 is 5.32 Å². The van der Waals surface area contributed by atoms with Gasteiger partial charge in [-0.15, -0.1) is 0 Å². The minimum Gasteiger partial charge on any atom is -0.480 e. The van der Waals surface area contributed by atoms with E-state index in [-0.39, 0.29) is 31.6 Å². The van der Waals surface area contributed by atoms with Crippen LogP contribution in [0.15, 0.2) is 0 Å². The molecule has 0 aromatic carbocycles. The van der Waals surface area contributed by atoms with Crippen molar-refractivity contribution in [3.05, 3.63) is 0 Å². The third-order valence-electron chi connectivity index (χ3n) is 2.14. The normalized spacial score (nSPS) is 10.1. The lowest BCUT2D eigenvalue weighted by Gasteiger charge is -2.25. The third-order valence-corrected chi connectivity index (χ3v) is 2.14. The van der Waals surface area contributed by atoms with Gasteiger partial charge in [0.05, 0.1) is 0 Å². The molecule has 0 spiro atoms. The Balaban J connectivity index is 4.39. The second-order valence-corrected chi connectivity index (χ2v) is 4.27. The molecule has 18 heavy (non-hydrogen) atoms. The monoisotopic (exact) mass is 259 g/mol. The number of carboxylic acid groups (broad SMARTS) is 1. The van der Waals surface area contributed by atoms with Gasteiger partial charge in [0.1, 0.15) is 13.1 Å². The number of nitrogens with zero attached hydrogens (tertiary/aromatic N) is 2. The second kappa shape index (κ2) is 7.52. The van der Waals surface area contributed by atoms with Gasteiger partial charge in [0.15, 0.2) is 0 Å². The molecule has 104 valence electrons. The summed E-state index contributed by atoms with van der Waals surface area (Å²) in [6.07, 6.45) is 0. The van der Waals surface area contributed by atoms with Crippen molar-refractivity contribution in [2.75, 3.05) is 26.7 Å². The maximum Gasteiger partial charge on any atom is 0.323 e. The molecule has 0 aromatic heterocycles. The fourth-order valence-electron chi connectivity index (χ4n) is 1.37. The molecule has 0 atom stereocenters. The highest BCUT2D eigenvalue weighted by molar-refractivity contribution is 5.85. The van der Waals surface area contributed by atoms with Gasteiger partial charge in [0.25, 0.3) is 0 Å². The topological polar surface area (TPSA) is 90.0 Å². The molecule has 0 aliphatic heterocycles. The van der Waals surface area contributed by atoms with Crippen molar-refractivity contribution in [1.82, 2.24) is 15.1 Å². The highest BCUT2D eigenvalue weighted by Crippen LogP contribution is 1.97. The van der Waals surface area contributed by atoms with Gasteiger partial charge in [-0.25, -0.2) is 4.79 Å². The van der Waals surface area contributed by atoms with Crippen molar-refractivity contribution in [2.24, 2.45) is 0 Å². The van der Waals surface area contributed by atoms with Crippen LogP contribution in [0.4, 0.5) is 4.79 Å². The molecule has 7 heteroatoms. The summed E-state index contributed by atoms with van der Waals surface area (Å²) in [7, 11) is 1.47. The van der Waals surface area contributed by atoms with Crippen LogP contribution in [0.2, 0.25) is 0 Å². The maximum atomic E-state index is 11.8. The first-order valence-electron chi connectivity index (χ1n) is 5.79. The highest BCUT2D eigenvalue weighted by Gasteiger charge is 2.20. The number of carboxylic acids is 1. The fraction of sp³-hybridized carbons (Fsp3) is 0.727. The maximum absolute atomic E-state index is 11.8. The Morgan fingerprint density at radius 2 is 1.78 bits per heavy atom. The Morgan fingerprint density at radius 3 is 2.17 bits per heavy atom. The molecule has 0 fully saturated rings.